The summed E-state index contributed by atoms with van der Waals surface area (Å²) in [5.41, 5.74) is 2.22. The third-order valence-electron chi connectivity index (χ3n) is 3.70. The Bertz CT molecular complexity index is 428. The second kappa shape index (κ2) is 6.68. The predicted molar refractivity (Wildman–Crippen MR) is 75.2 cm³/mol. The van der Waals surface area contributed by atoms with Crippen LogP contribution >= 0.6 is 0 Å². The van der Waals surface area contributed by atoms with Crippen molar-refractivity contribution in [3.63, 3.8) is 0 Å². The van der Waals surface area contributed by atoms with Gasteiger partial charge in [-0.25, -0.2) is 0 Å². The second-order valence-corrected chi connectivity index (χ2v) is 4.98. The average molecular weight is 262 g/mol. The first-order valence-electron chi connectivity index (χ1n) is 6.79. The van der Waals surface area contributed by atoms with Crippen LogP contribution < -0.4 is 5.32 Å². The molecule has 1 heterocycles. The van der Waals surface area contributed by atoms with E-state index in [-0.39, 0.29) is 11.9 Å². The van der Waals surface area contributed by atoms with E-state index in [9.17, 15) is 4.79 Å². The van der Waals surface area contributed by atoms with Gasteiger partial charge in [-0.3, -0.25) is 9.69 Å². The minimum Gasteiger partial charge on any atom is -0.469 e. The summed E-state index contributed by atoms with van der Waals surface area (Å²) in [6.07, 6.45) is 0. The zero-order valence-corrected chi connectivity index (χ0v) is 11.7. The van der Waals surface area contributed by atoms with Gasteiger partial charge in [0.25, 0.3) is 0 Å². The molecule has 1 unspecified atom stereocenters. The maximum Gasteiger partial charge on any atom is 0.314 e. The van der Waals surface area contributed by atoms with Crippen LogP contribution in [-0.2, 0) is 9.53 Å². The van der Waals surface area contributed by atoms with Crippen molar-refractivity contribution in [2.45, 2.75) is 12.8 Å². The lowest BCUT2D eigenvalue weighted by molar-refractivity contribution is -0.143. The molecule has 1 atom stereocenters. The summed E-state index contributed by atoms with van der Waals surface area (Å²) in [5.74, 6) is -0.336. The summed E-state index contributed by atoms with van der Waals surface area (Å²) in [4.78, 5) is 14.4. The minimum absolute atomic E-state index is 0.146. The third kappa shape index (κ3) is 3.55. The molecule has 1 saturated heterocycles. The van der Waals surface area contributed by atoms with Gasteiger partial charge in [-0.15, -0.1) is 0 Å². The molecule has 0 aromatic heterocycles. The van der Waals surface area contributed by atoms with E-state index in [2.05, 4.69) is 10.2 Å². The molecule has 2 rings (SSSR count). The lowest BCUT2D eigenvalue weighted by Gasteiger charge is -2.30. The number of benzene rings is 1. The number of aryl methyl sites for hydroxylation is 1. The van der Waals surface area contributed by atoms with Crippen LogP contribution in [0, 0.1) is 6.92 Å². The van der Waals surface area contributed by atoms with Crippen LogP contribution in [0.1, 0.15) is 17.0 Å². The molecule has 0 aliphatic carbocycles. The van der Waals surface area contributed by atoms with Gasteiger partial charge < -0.3 is 10.1 Å². The number of hydrogen-bond donors (Lipinski definition) is 1. The van der Waals surface area contributed by atoms with E-state index in [0.29, 0.717) is 0 Å². The van der Waals surface area contributed by atoms with Crippen LogP contribution in [0.3, 0.4) is 0 Å². The van der Waals surface area contributed by atoms with E-state index < -0.39 is 0 Å². The number of esters is 1. The summed E-state index contributed by atoms with van der Waals surface area (Å²) in [6, 6.07) is 8.05. The van der Waals surface area contributed by atoms with Gasteiger partial charge in [0.05, 0.1) is 13.0 Å². The molecule has 104 valence electrons. The SMILES string of the molecule is COC(=O)C(CN1CCNCC1)c1ccccc1C. The molecule has 0 bridgehead atoms. The van der Waals surface area contributed by atoms with Crippen molar-refractivity contribution in [3.8, 4) is 0 Å². The number of carbonyl (C=O) groups is 1. The highest BCUT2D eigenvalue weighted by Crippen LogP contribution is 2.22. The quantitative estimate of drug-likeness (QED) is 0.827. The molecular formula is C15H22N2O2. The fourth-order valence-electron chi connectivity index (χ4n) is 2.57. The molecular weight excluding hydrogens is 240 g/mol. The number of hydrogen-bond acceptors (Lipinski definition) is 4. The van der Waals surface area contributed by atoms with E-state index in [1.807, 2.05) is 31.2 Å². The summed E-state index contributed by atoms with van der Waals surface area (Å²) in [7, 11) is 1.46. The number of ether oxygens (including phenoxy) is 1. The van der Waals surface area contributed by atoms with Crippen molar-refractivity contribution < 1.29 is 9.53 Å². The topological polar surface area (TPSA) is 41.6 Å². The maximum absolute atomic E-state index is 12.1. The zero-order valence-electron chi connectivity index (χ0n) is 11.7. The Morgan fingerprint density at radius 3 is 2.68 bits per heavy atom. The van der Waals surface area contributed by atoms with Gasteiger partial charge in [-0.05, 0) is 18.1 Å². The molecule has 1 N–H and O–H groups in total. The Hall–Kier alpha value is -1.39. The second-order valence-electron chi connectivity index (χ2n) is 4.98. The van der Waals surface area contributed by atoms with Crippen LogP contribution in [0.25, 0.3) is 0 Å². The largest absolute Gasteiger partial charge is 0.469 e. The van der Waals surface area contributed by atoms with Crippen molar-refractivity contribution in [2.24, 2.45) is 0 Å². The van der Waals surface area contributed by atoms with Crippen LogP contribution in [0.5, 0.6) is 0 Å². The monoisotopic (exact) mass is 262 g/mol. The Morgan fingerprint density at radius 2 is 2.05 bits per heavy atom. The van der Waals surface area contributed by atoms with Crippen molar-refractivity contribution in [1.29, 1.82) is 0 Å². The minimum atomic E-state index is -0.190. The van der Waals surface area contributed by atoms with Crippen molar-refractivity contribution in [3.05, 3.63) is 35.4 Å². The Morgan fingerprint density at radius 1 is 1.37 bits per heavy atom. The van der Waals surface area contributed by atoms with Crippen LogP contribution in [0.4, 0.5) is 0 Å². The average Bonchev–Trinajstić information content (AvgIpc) is 2.46. The third-order valence-corrected chi connectivity index (χ3v) is 3.70. The molecule has 1 fully saturated rings. The Labute approximate surface area is 114 Å². The summed E-state index contributed by atoms with van der Waals surface area (Å²) in [6.45, 7) is 6.73. The normalized spacial score (nSPS) is 18.0. The van der Waals surface area contributed by atoms with Crippen molar-refractivity contribution >= 4 is 5.97 Å². The molecule has 0 radical (unpaired) electrons. The standard InChI is InChI=1S/C15H22N2O2/c1-12-5-3-4-6-13(12)14(15(18)19-2)11-17-9-7-16-8-10-17/h3-6,14,16H,7-11H2,1-2H3. The van der Waals surface area contributed by atoms with Gasteiger partial charge >= 0.3 is 5.97 Å². The number of piperazine rings is 1. The summed E-state index contributed by atoms with van der Waals surface area (Å²) >= 11 is 0. The van der Waals surface area contributed by atoms with E-state index >= 15 is 0 Å². The zero-order chi connectivity index (χ0) is 13.7. The van der Waals surface area contributed by atoms with Gasteiger partial charge in [0, 0.05) is 32.7 Å². The molecule has 0 amide bonds. The predicted octanol–water partition coefficient (Wildman–Crippen LogP) is 1.16. The summed E-state index contributed by atoms with van der Waals surface area (Å²) < 4.78 is 4.98. The molecule has 0 saturated carbocycles. The number of nitrogens with zero attached hydrogens (tertiary/aromatic N) is 1. The fourth-order valence-corrected chi connectivity index (χ4v) is 2.57. The first-order valence-corrected chi connectivity index (χ1v) is 6.79. The van der Waals surface area contributed by atoms with Crippen LogP contribution in [0.15, 0.2) is 24.3 Å². The van der Waals surface area contributed by atoms with E-state index in [1.165, 1.54) is 7.11 Å². The maximum atomic E-state index is 12.1. The molecule has 1 aliphatic rings. The van der Waals surface area contributed by atoms with E-state index in [1.54, 1.807) is 0 Å². The fraction of sp³-hybridized carbons (Fsp3) is 0.533. The number of nitrogens with one attached hydrogen (secondary N) is 1. The van der Waals surface area contributed by atoms with Crippen molar-refractivity contribution in [1.82, 2.24) is 10.2 Å². The highest BCUT2D eigenvalue weighted by Gasteiger charge is 2.26. The first kappa shape index (κ1) is 14.0. The highest BCUT2D eigenvalue weighted by molar-refractivity contribution is 5.78. The molecule has 19 heavy (non-hydrogen) atoms. The van der Waals surface area contributed by atoms with Crippen LogP contribution in [-0.4, -0.2) is 50.7 Å². The van der Waals surface area contributed by atoms with E-state index in [4.69, 9.17) is 4.74 Å². The van der Waals surface area contributed by atoms with E-state index in [0.717, 1.165) is 43.9 Å². The van der Waals surface area contributed by atoms with Gasteiger partial charge in [-0.2, -0.15) is 0 Å². The van der Waals surface area contributed by atoms with Gasteiger partial charge in [0.15, 0.2) is 0 Å². The summed E-state index contributed by atoms with van der Waals surface area (Å²) in [5, 5.41) is 3.32. The Kier molecular flexibility index (Phi) is 4.93. The Balaban J connectivity index is 2.16. The van der Waals surface area contributed by atoms with Gasteiger partial charge in [0.1, 0.15) is 0 Å². The molecule has 1 aliphatic heterocycles. The number of methoxy groups -OCH3 is 1. The van der Waals surface area contributed by atoms with Gasteiger partial charge in [-0.1, -0.05) is 24.3 Å². The van der Waals surface area contributed by atoms with Gasteiger partial charge in [0.2, 0.25) is 0 Å². The first-order chi connectivity index (χ1) is 9.22. The molecule has 1 aromatic rings. The lowest BCUT2D eigenvalue weighted by Crippen LogP contribution is -2.46. The smallest absolute Gasteiger partial charge is 0.314 e. The number of rotatable bonds is 4. The molecule has 4 nitrogen and oxygen atoms in total. The van der Waals surface area contributed by atoms with Crippen molar-refractivity contribution in [2.75, 3.05) is 39.8 Å². The molecule has 4 heteroatoms. The molecule has 0 spiro atoms. The highest BCUT2D eigenvalue weighted by atomic mass is 16.5. The number of carbonyl (C=O) groups excluding carboxylic acids is 1. The molecule has 1 aromatic carbocycles. The lowest BCUT2D eigenvalue weighted by atomic mass is 9.94. The van der Waals surface area contributed by atoms with Crippen LogP contribution in [0.2, 0.25) is 0 Å².